The number of halogens is 1. The second-order valence-electron chi connectivity index (χ2n) is 3.14. The van der Waals surface area contributed by atoms with Gasteiger partial charge >= 0.3 is 5.30 Å². The van der Waals surface area contributed by atoms with Crippen molar-refractivity contribution in [3.63, 3.8) is 0 Å². The average molecular weight is 225 g/mol. The summed E-state index contributed by atoms with van der Waals surface area (Å²) in [5.74, 6) is -1.56. The molecule has 0 radical (unpaired) electrons. The smallest absolute Gasteiger partial charge is 0.523 e. The van der Waals surface area contributed by atoms with Crippen LogP contribution in [0.25, 0.3) is 0 Å². The molecule has 1 aliphatic carbocycles. The molecule has 74 valence electrons. The van der Waals surface area contributed by atoms with Crippen LogP contribution >= 0.6 is 12.4 Å². The molecule has 0 bridgehead atoms. The zero-order chi connectivity index (χ0) is 8.88. The molecular weight excluding hydrogens is 216 g/mol. The summed E-state index contributed by atoms with van der Waals surface area (Å²) < 4.78 is 0. The number of carboxylic acid groups (broad SMARTS) is 2. The van der Waals surface area contributed by atoms with Gasteiger partial charge in [-0.05, 0) is 6.42 Å². The highest BCUT2D eigenvalue weighted by atomic mass is 35.5. The Morgan fingerprint density at radius 1 is 1.38 bits per heavy atom. The molecule has 4 atom stereocenters. The van der Waals surface area contributed by atoms with E-state index in [1.807, 2.05) is 0 Å². The first-order valence-electron chi connectivity index (χ1n) is 3.78. The van der Waals surface area contributed by atoms with Crippen molar-refractivity contribution >= 4 is 34.6 Å². The number of carboxylic acids is 1. The molecule has 1 saturated heterocycles. The van der Waals surface area contributed by atoms with Gasteiger partial charge in [0.1, 0.15) is 10.9 Å². The maximum atomic E-state index is 10.5. The molecule has 4 unspecified atom stereocenters. The summed E-state index contributed by atoms with van der Waals surface area (Å²) in [5.41, 5.74) is 0. The zero-order valence-electron chi connectivity index (χ0n) is 6.63. The number of rotatable bonds is 1. The van der Waals surface area contributed by atoms with E-state index >= 15 is 0 Å². The van der Waals surface area contributed by atoms with Crippen molar-refractivity contribution in [3.05, 3.63) is 0 Å². The number of carbonyl (C=O) groups excluding carboxylic acids is 1. The van der Waals surface area contributed by atoms with Gasteiger partial charge in [-0.1, -0.05) is 0 Å². The first-order valence-corrected chi connectivity index (χ1v) is 5.13. The molecular formula is C7H9ClO4S. The van der Waals surface area contributed by atoms with E-state index < -0.39 is 28.1 Å². The SMILES string of the molecule is Cl.O=C([O-])C1CCC2C1[S+]2C(=O)O. The molecule has 1 aliphatic heterocycles. The van der Waals surface area contributed by atoms with Gasteiger partial charge in [-0.25, -0.2) is 0 Å². The molecule has 0 amide bonds. The summed E-state index contributed by atoms with van der Waals surface area (Å²) in [4.78, 5) is 21.0. The van der Waals surface area contributed by atoms with Crippen LogP contribution < -0.4 is 5.11 Å². The van der Waals surface area contributed by atoms with Gasteiger partial charge in [-0.2, -0.15) is 4.79 Å². The minimum absolute atomic E-state index is 0. The van der Waals surface area contributed by atoms with Crippen molar-refractivity contribution in [2.75, 3.05) is 0 Å². The van der Waals surface area contributed by atoms with Gasteiger partial charge in [-0.15, -0.1) is 12.4 Å². The van der Waals surface area contributed by atoms with E-state index in [1.165, 1.54) is 0 Å². The molecule has 2 rings (SSSR count). The van der Waals surface area contributed by atoms with Gasteiger partial charge < -0.3 is 15.0 Å². The third-order valence-electron chi connectivity index (χ3n) is 2.57. The Morgan fingerprint density at radius 2 is 2.00 bits per heavy atom. The topological polar surface area (TPSA) is 77.4 Å². The van der Waals surface area contributed by atoms with E-state index in [9.17, 15) is 14.7 Å². The fraction of sp³-hybridized carbons (Fsp3) is 0.714. The fourth-order valence-electron chi connectivity index (χ4n) is 2.00. The molecule has 1 saturated carbocycles. The van der Waals surface area contributed by atoms with Crippen molar-refractivity contribution in [1.29, 1.82) is 0 Å². The zero-order valence-corrected chi connectivity index (χ0v) is 8.27. The molecule has 4 nitrogen and oxygen atoms in total. The van der Waals surface area contributed by atoms with Gasteiger partial charge in [0.15, 0.2) is 10.5 Å². The lowest BCUT2D eigenvalue weighted by Crippen LogP contribution is -2.34. The standard InChI is InChI=1S/C7H8O4S.ClH/c8-6(9)3-1-2-4-5(3)12(4)7(10)11;/h3-5H,1-2H2,(H-,8,9,10,11);1H. The Labute approximate surface area is 84.1 Å². The quantitative estimate of drug-likeness (QED) is 0.486. The van der Waals surface area contributed by atoms with Gasteiger partial charge in [0, 0.05) is 12.4 Å². The highest BCUT2D eigenvalue weighted by Crippen LogP contribution is 2.51. The van der Waals surface area contributed by atoms with Crippen LogP contribution in [0, 0.1) is 5.92 Å². The van der Waals surface area contributed by atoms with Crippen molar-refractivity contribution in [2.24, 2.45) is 5.92 Å². The minimum atomic E-state index is -1.07. The second-order valence-corrected chi connectivity index (χ2v) is 5.39. The molecule has 0 aromatic carbocycles. The molecule has 0 spiro atoms. The number of hydrogen-bond donors (Lipinski definition) is 1. The molecule has 1 heterocycles. The van der Waals surface area contributed by atoms with Crippen molar-refractivity contribution in [1.82, 2.24) is 0 Å². The summed E-state index contributed by atoms with van der Waals surface area (Å²) in [6, 6.07) is 0. The van der Waals surface area contributed by atoms with E-state index in [2.05, 4.69) is 0 Å². The predicted octanol–water partition coefficient (Wildman–Crippen LogP) is -0.385. The lowest BCUT2D eigenvalue weighted by atomic mass is 10.1. The van der Waals surface area contributed by atoms with Crippen LogP contribution in [-0.4, -0.2) is 26.9 Å². The Morgan fingerprint density at radius 3 is 2.38 bits per heavy atom. The average Bonchev–Trinajstić information content (AvgIpc) is 2.52. The van der Waals surface area contributed by atoms with Gasteiger partial charge in [0.05, 0.1) is 5.92 Å². The van der Waals surface area contributed by atoms with Crippen LogP contribution in [-0.2, 0) is 15.7 Å². The minimum Gasteiger partial charge on any atom is -0.550 e. The van der Waals surface area contributed by atoms with E-state index in [-0.39, 0.29) is 22.9 Å². The third kappa shape index (κ3) is 1.50. The van der Waals surface area contributed by atoms with E-state index in [1.54, 1.807) is 0 Å². The van der Waals surface area contributed by atoms with Gasteiger partial charge in [0.25, 0.3) is 0 Å². The maximum Gasteiger partial charge on any atom is 0.523 e. The second kappa shape index (κ2) is 3.38. The normalized spacial score (nSPS) is 40.3. The molecule has 6 heteroatoms. The van der Waals surface area contributed by atoms with Gasteiger partial charge in [-0.3, -0.25) is 0 Å². The molecule has 2 fully saturated rings. The molecule has 13 heavy (non-hydrogen) atoms. The Kier molecular flexibility index (Phi) is 2.77. The number of carbonyl (C=O) groups is 2. The highest BCUT2D eigenvalue weighted by molar-refractivity contribution is 8.17. The van der Waals surface area contributed by atoms with Crippen LogP contribution in [0.2, 0.25) is 0 Å². The summed E-state index contributed by atoms with van der Waals surface area (Å²) in [6.45, 7) is 0. The lowest BCUT2D eigenvalue weighted by molar-refractivity contribution is -0.311. The van der Waals surface area contributed by atoms with Crippen LogP contribution in [0.15, 0.2) is 0 Å². The molecule has 1 N–H and O–H groups in total. The monoisotopic (exact) mass is 224 g/mol. The first kappa shape index (κ1) is 10.7. The lowest BCUT2D eigenvalue weighted by Gasteiger charge is -2.08. The predicted molar refractivity (Wildman–Crippen MR) is 47.9 cm³/mol. The van der Waals surface area contributed by atoms with Crippen LogP contribution in [0.5, 0.6) is 0 Å². The summed E-state index contributed by atoms with van der Waals surface area (Å²) >= 11 is 0. The first-order chi connectivity index (χ1) is 5.63. The third-order valence-corrected chi connectivity index (χ3v) is 5.09. The fourth-order valence-corrected chi connectivity index (χ4v) is 4.52. The van der Waals surface area contributed by atoms with Crippen molar-refractivity contribution in [3.8, 4) is 0 Å². The van der Waals surface area contributed by atoms with E-state index in [0.29, 0.717) is 6.42 Å². The number of hydrogen-bond acceptors (Lipinski definition) is 3. The van der Waals surface area contributed by atoms with Crippen molar-refractivity contribution < 1.29 is 19.8 Å². The maximum absolute atomic E-state index is 10.5. The van der Waals surface area contributed by atoms with Crippen LogP contribution in [0.1, 0.15) is 12.8 Å². The van der Waals surface area contributed by atoms with Crippen LogP contribution in [0.4, 0.5) is 4.79 Å². The largest absolute Gasteiger partial charge is 0.550 e. The van der Waals surface area contributed by atoms with E-state index in [4.69, 9.17) is 5.11 Å². The summed E-state index contributed by atoms with van der Waals surface area (Å²) in [5, 5.41) is 18.4. The Hall–Kier alpha value is -0.420. The molecule has 0 aromatic rings. The summed E-state index contributed by atoms with van der Waals surface area (Å²) in [6.07, 6.45) is 1.35. The summed E-state index contributed by atoms with van der Waals surface area (Å²) in [7, 11) is -0.668. The highest BCUT2D eigenvalue weighted by Gasteiger charge is 2.74. The van der Waals surface area contributed by atoms with Crippen LogP contribution in [0.3, 0.4) is 0 Å². The number of aliphatic carboxylic acids is 1. The van der Waals surface area contributed by atoms with Crippen molar-refractivity contribution in [2.45, 2.75) is 23.3 Å². The Bertz CT molecular complexity index is 257. The molecule has 0 aromatic heterocycles. The van der Waals surface area contributed by atoms with Gasteiger partial charge in [0.2, 0.25) is 0 Å². The molecule has 2 aliphatic rings. The number of fused-ring (bicyclic) bond motifs is 1. The van der Waals surface area contributed by atoms with E-state index in [0.717, 1.165) is 6.42 Å². The Balaban J connectivity index is 0.000000845.